The Kier molecular flexibility index (Phi) is 6.63. The van der Waals surface area contributed by atoms with Crippen LogP contribution in [0.1, 0.15) is 12.5 Å². The van der Waals surface area contributed by atoms with Crippen LogP contribution in [-0.4, -0.2) is 23.7 Å². The topological polar surface area (TPSA) is 103 Å². The van der Waals surface area contributed by atoms with Crippen molar-refractivity contribution in [2.75, 3.05) is 10.5 Å². The van der Waals surface area contributed by atoms with Gasteiger partial charge in [0, 0.05) is 35.4 Å². The van der Waals surface area contributed by atoms with E-state index in [4.69, 9.17) is 9.15 Å². The summed E-state index contributed by atoms with van der Waals surface area (Å²) in [6.45, 7) is 3.28. The lowest BCUT2D eigenvalue weighted by molar-refractivity contribution is 0.478. The average molecular weight is 590 g/mol. The third kappa shape index (κ3) is 5.09. The Labute approximate surface area is 238 Å². The van der Waals surface area contributed by atoms with Gasteiger partial charge < -0.3 is 13.7 Å². The summed E-state index contributed by atoms with van der Waals surface area (Å²) >= 11 is 1.26. The van der Waals surface area contributed by atoms with Crippen molar-refractivity contribution in [1.82, 2.24) is 9.55 Å². The highest BCUT2D eigenvalue weighted by atomic mass is 32.2. The number of aromatic nitrogens is 2. The second-order valence-corrected chi connectivity index (χ2v) is 12.6. The number of sulfonamides is 1. The van der Waals surface area contributed by atoms with Crippen LogP contribution in [0.2, 0.25) is 0 Å². The maximum atomic E-state index is 13.8. The number of benzene rings is 3. The number of para-hydroxylation sites is 2. The molecule has 8 nitrogen and oxygen atoms in total. The summed E-state index contributed by atoms with van der Waals surface area (Å²) in [5, 5.41) is 0.631. The van der Waals surface area contributed by atoms with Crippen LogP contribution in [0, 0.1) is 12.7 Å². The summed E-state index contributed by atoms with van der Waals surface area (Å²) in [5.41, 5.74) is 3.23. The van der Waals surface area contributed by atoms with E-state index >= 15 is 0 Å². The molecule has 0 aliphatic carbocycles. The Hall–Kier alpha value is -4.48. The highest BCUT2D eigenvalue weighted by Gasteiger charge is 2.21. The number of hydrogen-bond donors (Lipinski definition) is 1. The van der Waals surface area contributed by atoms with Gasteiger partial charge in [0.15, 0.2) is 5.58 Å². The minimum atomic E-state index is -3.56. The van der Waals surface area contributed by atoms with Gasteiger partial charge in [-0.3, -0.25) is 9.52 Å². The Morgan fingerprint density at radius 2 is 1.83 bits per heavy atom. The number of hydrogen-bond acceptors (Lipinski definition) is 7. The maximum absolute atomic E-state index is 13.8. The highest BCUT2D eigenvalue weighted by molar-refractivity contribution is 7.92. The molecule has 6 aromatic rings. The summed E-state index contributed by atoms with van der Waals surface area (Å²) < 4.78 is 55.3. The standard InChI is InChI=1S/C30H24FN3O5S2/c1-4-41(36,37)33-19-10-12-25(38-24-11-9-18(31)13-17(24)2)20(14-19)22-16-34(3)30(35)28-21(22)15-27(40-28)29-32-23-7-5-6-8-26(23)39-29/h5-16,33H,4H2,1-3H3. The highest BCUT2D eigenvalue weighted by Crippen LogP contribution is 2.42. The van der Waals surface area contributed by atoms with Crippen LogP contribution in [0.4, 0.5) is 10.1 Å². The summed E-state index contributed by atoms with van der Waals surface area (Å²) in [7, 11) is -1.91. The number of nitrogens with one attached hydrogen (secondary N) is 1. The minimum absolute atomic E-state index is 0.0994. The van der Waals surface area contributed by atoms with E-state index in [1.54, 1.807) is 45.3 Å². The van der Waals surface area contributed by atoms with Crippen molar-refractivity contribution in [1.29, 1.82) is 0 Å². The molecule has 0 amide bonds. The van der Waals surface area contributed by atoms with Crippen LogP contribution in [0.5, 0.6) is 11.5 Å². The van der Waals surface area contributed by atoms with Gasteiger partial charge >= 0.3 is 0 Å². The molecular formula is C30H24FN3O5S2. The molecule has 0 atom stereocenters. The smallest absolute Gasteiger partial charge is 0.268 e. The van der Waals surface area contributed by atoms with E-state index < -0.39 is 10.0 Å². The number of thiophene rings is 1. The fourth-order valence-corrected chi connectivity index (χ4v) is 6.23. The fourth-order valence-electron chi connectivity index (χ4n) is 4.52. The number of halogens is 1. The Bertz CT molecular complexity index is 2100. The zero-order chi connectivity index (χ0) is 28.9. The van der Waals surface area contributed by atoms with Crippen molar-refractivity contribution in [3.8, 4) is 33.4 Å². The normalized spacial score (nSPS) is 11.8. The summed E-state index contributed by atoms with van der Waals surface area (Å²) in [4.78, 5) is 18.5. The lowest BCUT2D eigenvalue weighted by Crippen LogP contribution is -2.16. The molecule has 6 rings (SSSR count). The van der Waals surface area contributed by atoms with Gasteiger partial charge in [0.25, 0.3) is 5.56 Å². The van der Waals surface area contributed by atoms with E-state index in [0.29, 0.717) is 65.8 Å². The Balaban J connectivity index is 1.56. The molecule has 0 unspecified atom stereocenters. The molecule has 3 aromatic heterocycles. The largest absolute Gasteiger partial charge is 0.456 e. The van der Waals surface area contributed by atoms with E-state index in [1.165, 1.54) is 34.1 Å². The van der Waals surface area contributed by atoms with Crippen molar-refractivity contribution in [2.45, 2.75) is 13.8 Å². The van der Waals surface area contributed by atoms with Crippen LogP contribution in [0.15, 0.2) is 82.1 Å². The van der Waals surface area contributed by atoms with E-state index in [0.717, 1.165) is 0 Å². The molecule has 0 aliphatic heterocycles. The van der Waals surface area contributed by atoms with Crippen molar-refractivity contribution in [3.05, 3.63) is 94.7 Å². The quantitative estimate of drug-likeness (QED) is 0.214. The minimum Gasteiger partial charge on any atom is -0.456 e. The molecule has 0 bridgehead atoms. The van der Waals surface area contributed by atoms with Gasteiger partial charge in [0.1, 0.15) is 27.5 Å². The second kappa shape index (κ2) is 10.2. The van der Waals surface area contributed by atoms with Gasteiger partial charge in [-0.1, -0.05) is 12.1 Å². The summed E-state index contributed by atoms with van der Waals surface area (Å²) in [6, 6.07) is 18.4. The molecule has 3 aromatic carbocycles. The number of anilines is 1. The lowest BCUT2D eigenvalue weighted by Gasteiger charge is -2.16. The third-order valence-corrected chi connectivity index (χ3v) is 9.06. The van der Waals surface area contributed by atoms with Crippen molar-refractivity contribution in [3.63, 3.8) is 0 Å². The van der Waals surface area contributed by atoms with Gasteiger partial charge in [-0.2, -0.15) is 0 Å². The van der Waals surface area contributed by atoms with Gasteiger partial charge in [-0.05, 0) is 74.0 Å². The van der Waals surface area contributed by atoms with Crippen LogP contribution in [0.3, 0.4) is 0 Å². The first-order chi connectivity index (χ1) is 19.6. The number of aryl methyl sites for hydroxylation is 2. The zero-order valence-corrected chi connectivity index (χ0v) is 23.9. The zero-order valence-electron chi connectivity index (χ0n) is 22.3. The average Bonchev–Trinajstić information content (AvgIpc) is 3.58. The molecular weight excluding hydrogens is 565 g/mol. The predicted molar refractivity (Wildman–Crippen MR) is 160 cm³/mol. The second-order valence-electron chi connectivity index (χ2n) is 9.53. The molecule has 208 valence electrons. The maximum Gasteiger partial charge on any atom is 0.268 e. The molecule has 0 aliphatic rings. The van der Waals surface area contributed by atoms with Gasteiger partial charge in [-0.15, -0.1) is 11.3 Å². The van der Waals surface area contributed by atoms with Gasteiger partial charge in [-0.25, -0.2) is 17.8 Å². The SMILES string of the molecule is CCS(=O)(=O)Nc1ccc(Oc2ccc(F)cc2C)c(-c2cn(C)c(=O)c3sc(-c4nc5ccccc5o4)cc23)c1. The van der Waals surface area contributed by atoms with Crippen LogP contribution >= 0.6 is 11.3 Å². The van der Waals surface area contributed by atoms with E-state index in [-0.39, 0.29) is 17.1 Å². The first kappa shape index (κ1) is 26.7. The molecule has 1 N–H and O–H groups in total. The molecule has 0 saturated heterocycles. The fraction of sp³-hybridized carbons (Fsp3) is 0.133. The molecule has 41 heavy (non-hydrogen) atoms. The number of rotatable bonds is 7. The third-order valence-electron chi connectivity index (χ3n) is 6.64. The lowest BCUT2D eigenvalue weighted by atomic mass is 10.0. The molecule has 0 saturated carbocycles. The van der Waals surface area contributed by atoms with Crippen LogP contribution < -0.4 is 15.0 Å². The molecule has 3 heterocycles. The first-order valence-electron chi connectivity index (χ1n) is 12.7. The van der Waals surface area contributed by atoms with Gasteiger partial charge in [0.2, 0.25) is 15.9 Å². The number of ether oxygens (including phenoxy) is 1. The number of nitrogens with zero attached hydrogens (tertiary/aromatic N) is 2. The number of fused-ring (bicyclic) bond motifs is 2. The van der Waals surface area contributed by atoms with Crippen molar-refractivity contribution in [2.24, 2.45) is 7.05 Å². The first-order valence-corrected chi connectivity index (χ1v) is 15.2. The van der Waals surface area contributed by atoms with E-state index in [2.05, 4.69) is 9.71 Å². The van der Waals surface area contributed by atoms with Crippen molar-refractivity contribution >= 4 is 48.2 Å². The monoisotopic (exact) mass is 589 g/mol. The molecule has 0 spiro atoms. The van der Waals surface area contributed by atoms with E-state index in [1.807, 2.05) is 30.3 Å². The predicted octanol–water partition coefficient (Wildman–Crippen LogP) is 7.08. The Morgan fingerprint density at radius 1 is 1.05 bits per heavy atom. The van der Waals surface area contributed by atoms with Gasteiger partial charge in [0.05, 0.1) is 10.6 Å². The number of oxazole rings is 1. The number of pyridine rings is 1. The Morgan fingerprint density at radius 3 is 2.59 bits per heavy atom. The van der Waals surface area contributed by atoms with Crippen LogP contribution in [-0.2, 0) is 17.1 Å². The summed E-state index contributed by atoms with van der Waals surface area (Å²) in [6.07, 6.45) is 1.69. The summed E-state index contributed by atoms with van der Waals surface area (Å²) in [5.74, 6) is 0.743. The molecule has 0 radical (unpaired) electrons. The van der Waals surface area contributed by atoms with E-state index in [9.17, 15) is 17.6 Å². The van der Waals surface area contributed by atoms with Crippen molar-refractivity contribution < 1.29 is 22.0 Å². The molecule has 0 fully saturated rings. The molecule has 11 heteroatoms. The van der Waals surface area contributed by atoms with Crippen LogP contribution in [0.25, 0.3) is 43.1 Å².